The first-order valence-corrected chi connectivity index (χ1v) is 1.18. The molecule has 0 heterocycles. The maximum atomic E-state index is 6.19. The summed E-state index contributed by atoms with van der Waals surface area (Å²) in [4.78, 5) is 0. The van der Waals surface area contributed by atoms with Crippen molar-refractivity contribution < 1.29 is 0 Å². The topological polar surface area (TPSA) is 0 Å². The van der Waals surface area contributed by atoms with Crippen molar-refractivity contribution in [2.75, 3.05) is 0 Å². The summed E-state index contributed by atoms with van der Waals surface area (Å²) in [6.45, 7) is 3.19. The molecule has 0 rings (SSSR count). The Morgan fingerprint density at radius 3 is 2.40 bits per heavy atom. The van der Waals surface area contributed by atoms with Crippen LogP contribution in [0.15, 0.2) is 18.4 Å². The third kappa shape index (κ3) is 3.08. The minimum Gasteiger partial charge on any atom is -0.120 e. The summed E-state index contributed by atoms with van der Waals surface area (Å²) in [5.41, 5.74) is 2.34. The number of hydrogen-bond acceptors (Lipinski definition) is 0. The summed E-state index contributed by atoms with van der Waals surface area (Å²) in [7, 11) is 0. The van der Waals surface area contributed by atoms with Crippen molar-refractivity contribution in [1.29, 1.82) is 0 Å². The molecule has 0 aliphatic heterocycles. The highest BCUT2D eigenvalue weighted by Gasteiger charge is 1.35. The maximum absolute atomic E-state index is 6.19. The standard InChI is InChI=1S/C5H3/c1-3-5-4-2/h5H,1H2. The first-order valence-electron chi connectivity index (χ1n) is 1.18. The first-order chi connectivity index (χ1) is 2.41. The highest BCUT2D eigenvalue weighted by atomic mass is 13.4. The molecule has 0 aliphatic rings. The van der Waals surface area contributed by atoms with E-state index in [-0.39, 0.29) is 0 Å². The molecule has 5 heavy (non-hydrogen) atoms. The smallest absolute Gasteiger partial charge is 0.0306 e. The second-order valence-electron chi connectivity index (χ2n) is 0.493. The van der Waals surface area contributed by atoms with Crippen LogP contribution >= 0.6 is 0 Å². The highest BCUT2D eigenvalue weighted by molar-refractivity contribution is 5.01. The number of rotatable bonds is 0. The van der Waals surface area contributed by atoms with Gasteiger partial charge in [0, 0.05) is 6.08 Å². The molecule has 0 aromatic heterocycles. The fourth-order valence-electron chi connectivity index (χ4n) is 0.0510. The van der Waals surface area contributed by atoms with Gasteiger partial charge in [0.05, 0.1) is 0 Å². The van der Waals surface area contributed by atoms with Gasteiger partial charge in [-0.2, -0.15) is 0 Å². The van der Waals surface area contributed by atoms with E-state index in [9.17, 15) is 0 Å². The van der Waals surface area contributed by atoms with Crippen LogP contribution in [-0.2, 0) is 0 Å². The van der Waals surface area contributed by atoms with E-state index >= 15 is 0 Å². The Bertz CT molecular complexity index is 87.1. The highest BCUT2D eigenvalue weighted by Crippen LogP contribution is 1.49. The molecule has 0 fully saturated rings. The first kappa shape index (κ1) is 4.08. The summed E-state index contributed by atoms with van der Waals surface area (Å²) in [6, 6.07) is 0. The third-order valence-electron chi connectivity index (χ3n) is 0.174. The molecular formula is C5H3. The van der Waals surface area contributed by atoms with Crippen LogP contribution in [0.4, 0.5) is 0 Å². The zero-order chi connectivity index (χ0) is 4.12. The van der Waals surface area contributed by atoms with Gasteiger partial charge in [-0.3, -0.25) is 0 Å². The van der Waals surface area contributed by atoms with Gasteiger partial charge in [-0.25, -0.2) is 0 Å². The maximum Gasteiger partial charge on any atom is 0.0306 e. The van der Waals surface area contributed by atoms with Gasteiger partial charge in [-0.15, -0.1) is 5.73 Å². The molecule has 0 aliphatic carbocycles. The zero-order valence-electron chi connectivity index (χ0n) is 2.78. The molecule has 1 radical (unpaired) electrons. The number of allylic oxidation sites excluding steroid dienone is 1. The van der Waals surface area contributed by atoms with E-state index in [0.29, 0.717) is 0 Å². The van der Waals surface area contributed by atoms with E-state index in [0.717, 1.165) is 0 Å². The van der Waals surface area contributed by atoms with Crippen molar-refractivity contribution in [3.63, 3.8) is 0 Å². The lowest BCUT2D eigenvalue weighted by Crippen LogP contribution is -1.28. The van der Waals surface area contributed by atoms with Crippen molar-refractivity contribution in [2.45, 2.75) is 0 Å². The van der Waals surface area contributed by atoms with E-state index in [1.807, 2.05) is 5.92 Å². The normalized spacial score (nSPS) is 3.80. The predicted octanol–water partition coefficient (Wildman–Crippen LogP) is 0.917. The Morgan fingerprint density at radius 1 is 1.80 bits per heavy atom. The molecule has 0 aromatic rings. The Morgan fingerprint density at radius 2 is 2.40 bits per heavy atom. The van der Waals surface area contributed by atoms with E-state index in [4.69, 9.17) is 6.42 Å². The van der Waals surface area contributed by atoms with Gasteiger partial charge in [0.15, 0.2) is 0 Å². The van der Waals surface area contributed by atoms with Gasteiger partial charge in [0.2, 0.25) is 0 Å². The molecule has 0 N–H and O–H groups in total. The molecular weight excluding hydrogens is 60.1 g/mol. The molecule has 23 valence electrons. The molecule has 0 saturated heterocycles. The molecule has 0 unspecified atom stereocenters. The van der Waals surface area contributed by atoms with Crippen LogP contribution in [-0.4, -0.2) is 0 Å². The van der Waals surface area contributed by atoms with Crippen LogP contribution in [0, 0.1) is 12.3 Å². The van der Waals surface area contributed by atoms with Gasteiger partial charge in [-0.05, 0) is 6.42 Å². The lowest BCUT2D eigenvalue weighted by molar-refractivity contribution is 2.22. The molecule has 0 spiro atoms. The van der Waals surface area contributed by atoms with Gasteiger partial charge in [-0.1, -0.05) is 12.5 Å². The Kier molecular flexibility index (Phi) is 2.51. The van der Waals surface area contributed by atoms with Crippen molar-refractivity contribution in [2.24, 2.45) is 0 Å². The Balaban J connectivity index is 3.46. The van der Waals surface area contributed by atoms with Crippen molar-refractivity contribution in [3.8, 4) is 5.92 Å². The molecule has 0 aromatic carbocycles. The fraction of sp³-hybridized carbons (Fsp3) is 0. The van der Waals surface area contributed by atoms with Gasteiger partial charge in [0.25, 0.3) is 0 Å². The molecule has 0 bridgehead atoms. The lowest BCUT2D eigenvalue weighted by Gasteiger charge is -1.41. The van der Waals surface area contributed by atoms with Crippen molar-refractivity contribution >= 4 is 0 Å². The fourth-order valence-corrected chi connectivity index (χ4v) is 0.0510. The van der Waals surface area contributed by atoms with Gasteiger partial charge >= 0.3 is 0 Å². The molecule has 0 atom stereocenters. The molecule has 0 amide bonds. The third-order valence-corrected chi connectivity index (χ3v) is 0.174. The van der Waals surface area contributed by atoms with Gasteiger partial charge < -0.3 is 0 Å². The minimum absolute atomic E-state index is 1.31. The molecule has 0 nitrogen and oxygen atoms in total. The monoisotopic (exact) mass is 63.0 g/mol. The Labute approximate surface area is 31.8 Å². The van der Waals surface area contributed by atoms with Crippen molar-refractivity contribution in [1.82, 2.24) is 0 Å². The van der Waals surface area contributed by atoms with E-state index in [1.54, 1.807) is 0 Å². The second-order valence-corrected chi connectivity index (χ2v) is 0.493. The van der Waals surface area contributed by atoms with Crippen molar-refractivity contribution in [3.05, 3.63) is 24.8 Å². The van der Waals surface area contributed by atoms with Gasteiger partial charge in [0.1, 0.15) is 0 Å². The molecule has 0 heteroatoms. The zero-order valence-corrected chi connectivity index (χ0v) is 2.78. The SMILES string of the molecule is [C]#CC=C=C. The van der Waals surface area contributed by atoms with Crippen LogP contribution in [0.5, 0.6) is 0 Å². The molecule has 0 saturated carbocycles. The van der Waals surface area contributed by atoms with Crippen LogP contribution in [0.2, 0.25) is 0 Å². The van der Waals surface area contributed by atoms with E-state index < -0.39 is 0 Å². The average molecular weight is 63.1 g/mol. The Hall–Kier alpha value is -0.920. The average Bonchev–Trinajstić information content (AvgIpc) is 1.41. The second kappa shape index (κ2) is 3.08. The summed E-state index contributed by atoms with van der Waals surface area (Å²) < 4.78 is 0. The van der Waals surface area contributed by atoms with Crippen LogP contribution in [0.25, 0.3) is 0 Å². The van der Waals surface area contributed by atoms with E-state index in [1.165, 1.54) is 6.08 Å². The number of hydrogen-bond donors (Lipinski definition) is 0. The van der Waals surface area contributed by atoms with E-state index in [2.05, 4.69) is 12.3 Å². The summed E-state index contributed by atoms with van der Waals surface area (Å²) in [5, 5.41) is 0. The van der Waals surface area contributed by atoms with Crippen LogP contribution in [0.1, 0.15) is 0 Å². The quantitative estimate of drug-likeness (QED) is 0.289. The van der Waals surface area contributed by atoms with Crippen LogP contribution < -0.4 is 0 Å². The lowest BCUT2D eigenvalue weighted by atomic mass is 10.6. The summed E-state index contributed by atoms with van der Waals surface area (Å²) in [5.74, 6) is 1.97. The minimum atomic E-state index is 1.31. The summed E-state index contributed by atoms with van der Waals surface area (Å²) in [6.07, 6.45) is 7.50. The summed E-state index contributed by atoms with van der Waals surface area (Å²) >= 11 is 0. The largest absolute Gasteiger partial charge is 0.120 e. The van der Waals surface area contributed by atoms with Crippen LogP contribution in [0.3, 0.4) is 0 Å². The predicted molar refractivity (Wildman–Crippen MR) is 20.8 cm³/mol.